The van der Waals surface area contributed by atoms with Gasteiger partial charge < -0.3 is 5.11 Å². The summed E-state index contributed by atoms with van der Waals surface area (Å²) in [5, 5.41) is 8.78. The molecule has 0 saturated carbocycles. The summed E-state index contributed by atoms with van der Waals surface area (Å²) in [5.74, 6) is -0.355. The number of fused-ring (bicyclic) bond motifs is 3. The molecule has 0 aliphatic heterocycles. The molecule has 19 heavy (non-hydrogen) atoms. The average molecular weight is 252 g/mol. The third-order valence-corrected chi connectivity index (χ3v) is 3.85. The standard InChI is InChI=1S/C17H16O2/c18-17(19)11-5-10-16-14-8-3-1-6-12(14)13-7-2-4-9-15(13)16/h1-4,6-9,16H,5,10-11H2,(H,18,19). The topological polar surface area (TPSA) is 37.3 Å². The van der Waals surface area contributed by atoms with Crippen molar-refractivity contribution in [2.45, 2.75) is 25.2 Å². The van der Waals surface area contributed by atoms with E-state index in [4.69, 9.17) is 5.11 Å². The maximum atomic E-state index is 10.7. The maximum absolute atomic E-state index is 10.7. The summed E-state index contributed by atoms with van der Waals surface area (Å²) in [6.07, 6.45) is 1.88. The molecule has 0 saturated heterocycles. The molecule has 0 heterocycles. The van der Waals surface area contributed by atoms with Crippen LogP contribution in [0.3, 0.4) is 0 Å². The van der Waals surface area contributed by atoms with Gasteiger partial charge >= 0.3 is 5.97 Å². The highest BCUT2D eigenvalue weighted by atomic mass is 16.4. The fourth-order valence-electron chi connectivity index (χ4n) is 3.03. The molecule has 1 aliphatic rings. The number of carbonyl (C=O) groups is 1. The van der Waals surface area contributed by atoms with Crippen molar-refractivity contribution in [3.8, 4) is 11.1 Å². The third kappa shape index (κ3) is 2.14. The zero-order valence-corrected chi connectivity index (χ0v) is 10.7. The van der Waals surface area contributed by atoms with Crippen molar-refractivity contribution in [3.05, 3.63) is 59.7 Å². The largest absolute Gasteiger partial charge is 0.481 e. The van der Waals surface area contributed by atoms with Gasteiger partial charge in [0.1, 0.15) is 0 Å². The summed E-state index contributed by atoms with van der Waals surface area (Å²) in [7, 11) is 0. The van der Waals surface area contributed by atoms with Crippen molar-refractivity contribution in [1.82, 2.24) is 0 Å². The van der Waals surface area contributed by atoms with Crippen molar-refractivity contribution < 1.29 is 9.90 Å². The summed E-state index contributed by atoms with van der Waals surface area (Å²) in [5.41, 5.74) is 5.29. The normalized spacial score (nSPS) is 13.1. The van der Waals surface area contributed by atoms with E-state index in [0.29, 0.717) is 5.92 Å². The quantitative estimate of drug-likeness (QED) is 0.891. The molecule has 1 N–H and O–H groups in total. The van der Waals surface area contributed by atoms with Crippen molar-refractivity contribution >= 4 is 5.97 Å². The Morgan fingerprint density at radius 3 is 2.00 bits per heavy atom. The summed E-state index contributed by atoms with van der Waals surface area (Å²) < 4.78 is 0. The Morgan fingerprint density at radius 2 is 1.47 bits per heavy atom. The smallest absolute Gasteiger partial charge is 0.303 e. The highest BCUT2D eigenvalue weighted by molar-refractivity contribution is 5.78. The van der Waals surface area contributed by atoms with Gasteiger partial charge in [-0.05, 0) is 35.1 Å². The fourth-order valence-corrected chi connectivity index (χ4v) is 3.03. The lowest BCUT2D eigenvalue weighted by atomic mass is 9.91. The highest BCUT2D eigenvalue weighted by Crippen LogP contribution is 2.46. The van der Waals surface area contributed by atoms with E-state index in [1.54, 1.807) is 0 Å². The molecule has 2 nitrogen and oxygen atoms in total. The van der Waals surface area contributed by atoms with Crippen LogP contribution in [0, 0.1) is 0 Å². The van der Waals surface area contributed by atoms with Gasteiger partial charge in [0, 0.05) is 12.3 Å². The summed E-state index contributed by atoms with van der Waals surface area (Å²) in [6, 6.07) is 16.9. The Morgan fingerprint density at radius 1 is 0.947 bits per heavy atom. The number of aliphatic carboxylic acids is 1. The van der Waals surface area contributed by atoms with E-state index in [1.807, 2.05) is 0 Å². The predicted molar refractivity (Wildman–Crippen MR) is 75.2 cm³/mol. The van der Waals surface area contributed by atoms with Gasteiger partial charge in [0.2, 0.25) is 0 Å². The zero-order chi connectivity index (χ0) is 13.2. The molecule has 0 bridgehead atoms. The van der Waals surface area contributed by atoms with E-state index < -0.39 is 5.97 Å². The number of carboxylic acids is 1. The van der Waals surface area contributed by atoms with Gasteiger partial charge in [-0.1, -0.05) is 48.5 Å². The van der Waals surface area contributed by atoms with Gasteiger partial charge in [0.05, 0.1) is 0 Å². The average Bonchev–Trinajstić information content (AvgIpc) is 2.74. The van der Waals surface area contributed by atoms with E-state index in [9.17, 15) is 4.79 Å². The third-order valence-electron chi connectivity index (χ3n) is 3.85. The van der Waals surface area contributed by atoms with Gasteiger partial charge in [-0.25, -0.2) is 0 Å². The summed E-state index contributed by atoms with van der Waals surface area (Å²) in [6.45, 7) is 0. The maximum Gasteiger partial charge on any atom is 0.303 e. The molecule has 2 aromatic carbocycles. The van der Waals surface area contributed by atoms with Crippen molar-refractivity contribution in [1.29, 1.82) is 0 Å². The van der Waals surface area contributed by atoms with Crippen LogP contribution in [-0.2, 0) is 4.79 Å². The Bertz CT molecular complexity index is 571. The molecule has 0 fully saturated rings. The first kappa shape index (κ1) is 12.0. The molecule has 2 heteroatoms. The summed E-state index contributed by atoms with van der Waals surface area (Å²) in [4.78, 5) is 10.7. The van der Waals surface area contributed by atoms with Gasteiger partial charge in [-0.3, -0.25) is 4.79 Å². The van der Waals surface area contributed by atoms with Crippen LogP contribution in [0.4, 0.5) is 0 Å². The molecule has 0 radical (unpaired) electrons. The van der Waals surface area contributed by atoms with E-state index in [1.165, 1.54) is 22.3 Å². The van der Waals surface area contributed by atoms with Crippen molar-refractivity contribution in [2.75, 3.05) is 0 Å². The lowest BCUT2D eigenvalue weighted by Crippen LogP contribution is -2.00. The number of rotatable bonds is 4. The lowest BCUT2D eigenvalue weighted by Gasteiger charge is -2.12. The van der Waals surface area contributed by atoms with Crippen LogP contribution in [-0.4, -0.2) is 11.1 Å². The van der Waals surface area contributed by atoms with E-state index in [0.717, 1.165) is 12.8 Å². The molecule has 2 aromatic rings. The summed E-state index contributed by atoms with van der Waals surface area (Å²) >= 11 is 0. The fraction of sp³-hybridized carbons (Fsp3) is 0.235. The second-order valence-electron chi connectivity index (χ2n) is 5.01. The molecular weight excluding hydrogens is 236 g/mol. The second-order valence-corrected chi connectivity index (χ2v) is 5.01. The minimum atomic E-state index is -0.709. The molecule has 3 rings (SSSR count). The van der Waals surface area contributed by atoms with Crippen LogP contribution < -0.4 is 0 Å². The molecular formula is C17H16O2. The van der Waals surface area contributed by atoms with E-state index in [2.05, 4.69) is 48.5 Å². The van der Waals surface area contributed by atoms with E-state index in [-0.39, 0.29) is 6.42 Å². The van der Waals surface area contributed by atoms with Crippen LogP contribution in [0.5, 0.6) is 0 Å². The predicted octanol–water partition coefficient (Wildman–Crippen LogP) is 4.05. The van der Waals surface area contributed by atoms with Gasteiger partial charge in [0.15, 0.2) is 0 Å². The SMILES string of the molecule is O=C(O)CCCC1c2ccccc2-c2ccccc21. The van der Waals surface area contributed by atoms with Crippen LogP contribution in [0.1, 0.15) is 36.3 Å². The van der Waals surface area contributed by atoms with E-state index >= 15 is 0 Å². The Labute approximate surface area is 112 Å². The monoisotopic (exact) mass is 252 g/mol. The lowest BCUT2D eigenvalue weighted by molar-refractivity contribution is -0.137. The molecule has 0 spiro atoms. The van der Waals surface area contributed by atoms with Crippen molar-refractivity contribution in [3.63, 3.8) is 0 Å². The molecule has 96 valence electrons. The molecule has 0 atom stereocenters. The van der Waals surface area contributed by atoms with Gasteiger partial charge in [-0.15, -0.1) is 0 Å². The van der Waals surface area contributed by atoms with Gasteiger partial charge in [0.25, 0.3) is 0 Å². The Balaban J connectivity index is 1.93. The van der Waals surface area contributed by atoms with Gasteiger partial charge in [-0.2, -0.15) is 0 Å². The Hall–Kier alpha value is -2.09. The number of carboxylic acid groups (broad SMARTS) is 1. The van der Waals surface area contributed by atoms with Crippen LogP contribution in [0.25, 0.3) is 11.1 Å². The zero-order valence-electron chi connectivity index (χ0n) is 10.7. The number of benzene rings is 2. The van der Waals surface area contributed by atoms with Crippen molar-refractivity contribution in [2.24, 2.45) is 0 Å². The minimum Gasteiger partial charge on any atom is -0.481 e. The first-order chi connectivity index (χ1) is 9.27. The first-order valence-corrected chi connectivity index (χ1v) is 6.67. The molecule has 1 aliphatic carbocycles. The van der Waals surface area contributed by atoms with Crippen LogP contribution >= 0.6 is 0 Å². The Kier molecular flexibility index (Phi) is 3.08. The number of hydrogen-bond donors (Lipinski definition) is 1. The highest BCUT2D eigenvalue weighted by Gasteiger charge is 2.27. The molecule has 0 unspecified atom stereocenters. The minimum absolute atomic E-state index is 0.251. The number of hydrogen-bond acceptors (Lipinski definition) is 1. The molecule has 0 amide bonds. The van der Waals surface area contributed by atoms with Crippen LogP contribution in [0.15, 0.2) is 48.5 Å². The molecule has 0 aromatic heterocycles. The van der Waals surface area contributed by atoms with Crippen LogP contribution in [0.2, 0.25) is 0 Å². The second kappa shape index (κ2) is 4.88. The first-order valence-electron chi connectivity index (χ1n) is 6.67.